The number of anilines is 2. The Bertz CT molecular complexity index is 749. The van der Waals surface area contributed by atoms with Gasteiger partial charge in [0.05, 0.1) is 35.6 Å². The summed E-state index contributed by atoms with van der Waals surface area (Å²) in [5.74, 6) is -1.23. The molecule has 0 saturated heterocycles. The van der Waals surface area contributed by atoms with Crippen LogP contribution in [0.5, 0.6) is 11.5 Å². The number of carbonyl (C=O) groups excluding carboxylic acids is 2. The van der Waals surface area contributed by atoms with E-state index in [1.807, 2.05) is 0 Å². The van der Waals surface area contributed by atoms with Gasteiger partial charge in [-0.25, -0.2) is 0 Å². The molecular formula is C16H16Cl2N4O4. The molecule has 0 atom stereocenters. The third-order valence-electron chi connectivity index (χ3n) is 3.17. The van der Waals surface area contributed by atoms with Crippen molar-refractivity contribution in [2.45, 2.75) is 0 Å². The lowest BCUT2D eigenvalue weighted by atomic mass is 10.3. The van der Waals surface area contributed by atoms with Gasteiger partial charge in [-0.3, -0.25) is 31.3 Å². The molecular weight excluding hydrogens is 383 g/mol. The predicted octanol–water partition coefficient (Wildman–Crippen LogP) is 2.60. The number of methoxy groups -OCH3 is 2. The van der Waals surface area contributed by atoms with Gasteiger partial charge in [0.15, 0.2) is 11.5 Å². The van der Waals surface area contributed by atoms with Gasteiger partial charge in [-0.05, 0) is 24.3 Å². The number of amides is 2. The molecule has 0 fully saturated rings. The number of benzene rings is 2. The fraction of sp³-hybridized carbons (Fsp3) is 0.125. The second kappa shape index (κ2) is 9.02. The van der Waals surface area contributed by atoms with Crippen molar-refractivity contribution in [1.82, 2.24) is 10.9 Å². The summed E-state index contributed by atoms with van der Waals surface area (Å²) in [6.45, 7) is 0. The molecule has 10 heteroatoms. The summed E-state index contributed by atoms with van der Waals surface area (Å²) < 4.78 is 10.3. The molecule has 0 saturated carbocycles. The van der Waals surface area contributed by atoms with E-state index in [9.17, 15) is 9.59 Å². The Balaban J connectivity index is 1.94. The van der Waals surface area contributed by atoms with Crippen LogP contribution in [0.3, 0.4) is 0 Å². The van der Waals surface area contributed by atoms with Gasteiger partial charge in [-0.2, -0.15) is 0 Å². The Morgan fingerprint density at radius 3 is 1.50 bits per heavy atom. The van der Waals surface area contributed by atoms with Gasteiger partial charge in [-0.15, -0.1) is 0 Å². The molecule has 138 valence electrons. The number of hydrogen-bond acceptors (Lipinski definition) is 6. The quantitative estimate of drug-likeness (QED) is 0.440. The zero-order valence-corrected chi connectivity index (χ0v) is 15.4. The van der Waals surface area contributed by atoms with Crippen LogP contribution >= 0.6 is 23.2 Å². The van der Waals surface area contributed by atoms with Gasteiger partial charge in [0, 0.05) is 0 Å². The molecule has 2 aromatic carbocycles. The molecule has 0 aliphatic rings. The van der Waals surface area contributed by atoms with Crippen LogP contribution in [0.4, 0.5) is 11.4 Å². The minimum absolute atomic E-state index is 0.330. The molecule has 2 aromatic rings. The standard InChI is InChI=1S/C16H16Cl2N4O4/c1-25-13-9(17)5-3-7-11(13)19-21-15(23)16(24)22-20-12-8-4-6-10(18)14(12)26-2/h3-8,19-20H,1-2H3,(H,21,23)(H,22,24). The Labute approximate surface area is 159 Å². The van der Waals surface area contributed by atoms with Crippen molar-refractivity contribution in [3.05, 3.63) is 46.4 Å². The summed E-state index contributed by atoms with van der Waals surface area (Å²) in [6.07, 6.45) is 0. The predicted molar refractivity (Wildman–Crippen MR) is 99.5 cm³/mol. The molecule has 4 N–H and O–H groups in total. The monoisotopic (exact) mass is 398 g/mol. The Kier molecular flexibility index (Phi) is 6.76. The topological polar surface area (TPSA) is 101 Å². The van der Waals surface area contributed by atoms with Crippen molar-refractivity contribution in [2.24, 2.45) is 0 Å². The first-order valence-corrected chi connectivity index (χ1v) is 8.00. The lowest BCUT2D eigenvalue weighted by Gasteiger charge is -2.14. The number of ether oxygens (including phenoxy) is 2. The van der Waals surface area contributed by atoms with Crippen molar-refractivity contribution in [3.63, 3.8) is 0 Å². The summed E-state index contributed by atoms with van der Waals surface area (Å²) in [6, 6.07) is 9.82. The molecule has 0 aliphatic heterocycles. The van der Waals surface area contributed by atoms with E-state index in [-0.39, 0.29) is 0 Å². The highest BCUT2D eigenvalue weighted by molar-refractivity contribution is 6.35. The van der Waals surface area contributed by atoms with Crippen molar-refractivity contribution >= 4 is 46.4 Å². The van der Waals surface area contributed by atoms with Crippen LogP contribution in [0.25, 0.3) is 0 Å². The maximum absolute atomic E-state index is 11.9. The van der Waals surface area contributed by atoms with Crippen LogP contribution in [0.2, 0.25) is 10.0 Å². The van der Waals surface area contributed by atoms with Crippen LogP contribution in [0.15, 0.2) is 36.4 Å². The normalized spacial score (nSPS) is 9.85. The van der Waals surface area contributed by atoms with Crippen LogP contribution in [0, 0.1) is 0 Å². The number of nitrogens with one attached hydrogen (secondary N) is 4. The fourth-order valence-electron chi connectivity index (χ4n) is 1.99. The van der Waals surface area contributed by atoms with Gasteiger partial charge >= 0.3 is 11.8 Å². The molecule has 0 aromatic heterocycles. The summed E-state index contributed by atoms with van der Waals surface area (Å²) in [7, 11) is 2.87. The van der Waals surface area contributed by atoms with Crippen molar-refractivity contribution in [2.75, 3.05) is 25.1 Å². The van der Waals surface area contributed by atoms with Crippen LogP contribution < -0.4 is 31.2 Å². The second-order valence-electron chi connectivity index (χ2n) is 4.80. The molecule has 8 nitrogen and oxygen atoms in total. The number of hydrogen-bond donors (Lipinski definition) is 4. The summed E-state index contributed by atoms with van der Waals surface area (Å²) in [5, 5.41) is 0.705. The van der Waals surface area contributed by atoms with Gasteiger partial charge in [-0.1, -0.05) is 35.3 Å². The summed E-state index contributed by atoms with van der Waals surface area (Å²) in [4.78, 5) is 23.8. The lowest BCUT2D eigenvalue weighted by Crippen LogP contribution is -2.44. The minimum atomic E-state index is -0.944. The largest absolute Gasteiger partial charge is 0.493 e. The highest BCUT2D eigenvalue weighted by atomic mass is 35.5. The number of rotatable bonds is 6. The summed E-state index contributed by atoms with van der Waals surface area (Å²) in [5.41, 5.74) is 10.4. The first kappa shape index (κ1) is 19.5. The Morgan fingerprint density at radius 1 is 0.769 bits per heavy atom. The average Bonchev–Trinajstić information content (AvgIpc) is 2.64. The summed E-state index contributed by atoms with van der Waals surface area (Å²) >= 11 is 12.0. The maximum Gasteiger partial charge on any atom is 0.329 e. The smallest absolute Gasteiger partial charge is 0.329 e. The fourth-order valence-corrected chi connectivity index (χ4v) is 2.49. The van der Waals surface area contributed by atoms with Gasteiger partial charge in [0.1, 0.15) is 0 Å². The first-order valence-electron chi connectivity index (χ1n) is 7.25. The number of para-hydroxylation sites is 2. The number of carbonyl (C=O) groups is 2. The van der Waals surface area contributed by atoms with Gasteiger partial charge in [0.2, 0.25) is 0 Å². The van der Waals surface area contributed by atoms with Crippen LogP contribution in [-0.4, -0.2) is 26.0 Å². The molecule has 0 spiro atoms. The highest BCUT2D eigenvalue weighted by Gasteiger charge is 2.15. The molecule has 0 aliphatic carbocycles. The number of hydrazine groups is 2. The van der Waals surface area contributed by atoms with Gasteiger partial charge < -0.3 is 9.47 Å². The minimum Gasteiger partial charge on any atom is -0.493 e. The van der Waals surface area contributed by atoms with Crippen LogP contribution in [-0.2, 0) is 9.59 Å². The lowest BCUT2D eigenvalue weighted by molar-refractivity contribution is -0.138. The third kappa shape index (κ3) is 4.62. The zero-order chi connectivity index (χ0) is 19.1. The number of halogens is 2. The molecule has 0 bridgehead atoms. The van der Waals surface area contributed by atoms with E-state index in [4.69, 9.17) is 32.7 Å². The molecule has 0 radical (unpaired) electrons. The molecule has 2 amide bonds. The van der Waals surface area contributed by atoms with E-state index >= 15 is 0 Å². The highest BCUT2D eigenvalue weighted by Crippen LogP contribution is 2.32. The van der Waals surface area contributed by atoms with Crippen molar-refractivity contribution in [1.29, 1.82) is 0 Å². The SMILES string of the molecule is COc1c(Cl)cccc1NNC(=O)C(=O)NNc1cccc(Cl)c1OC. The molecule has 0 unspecified atom stereocenters. The molecule has 2 rings (SSSR count). The average molecular weight is 399 g/mol. The van der Waals surface area contributed by atoms with E-state index < -0.39 is 11.8 Å². The van der Waals surface area contributed by atoms with Crippen molar-refractivity contribution in [3.8, 4) is 11.5 Å². The van der Waals surface area contributed by atoms with Crippen LogP contribution in [0.1, 0.15) is 0 Å². The second-order valence-corrected chi connectivity index (χ2v) is 5.61. The third-order valence-corrected chi connectivity index (χ3v) is 3.77. The van der Waals surface area contributed by atoms with Crippen molar-refractivity contribution < 1.29 is 19.1 Å². The van der Waals surface area contributed by atoms with E-state index in [0.29, 0.717) is 32.9 Å². The first-order chi connectivity index (χ1) is 12.5. The van der Waals surface area contributed by atoms with E-state index in [2.05, 4.69) is 21.7 Å². The Hall–Kier alpha value is -2.84. The van der Waals surface area contributed by atoms with E-state index in [1.54, 1.807) is 36.4 Å². The maximum atomic E-state index is 11.9. The molecule has 26 heavy (non-hydrogen) atoms. The molecule has 0 heterocycles. The zero-order valence-electron chi connectivity index (χ0n) is 13.9. The van der Waals surface area contributed by atoms with Gasteiger partial charge in [0.25, 0.3) is 0 Å². The Morgan fingerprint density at radius 2 is 1.15 bits per heavy atom. The van der Waals surface area contributed by atoms with E-state index in [0.717, 1.165) is 0 Å². The van der Waals surface area contributed by atoms with E-state index in [1.165, 1.54) is 14.2 Å².